The van der Waals surface area contributed by atoms with Crippen molar-refractivity contribution in [3.63, 3.8) is 0 Å². The van der Waals surface area contributed by atoms with Gasteiger partial charge in [-0.3, -0.25) is 24.0 Å². The lowest BCUT2D eigenvalue weighted by atomic mass is 9.72. The number of benzene rings is 1. The monoisotopic (exact) mass is 591 g/mol. The van der Waals surface area contributed by atoms with Crippen LogP contribution in [0.5, 0.6) is 0 Å². The second kappa shape index (κ2) is 9.52. The van der Waals surface area contributed by atoms with Crippen molar-refractivity contribution < 1.29 is 24.2 Å². The van der Waals surface area contributed by atoms with Crippen LogP contribution in [0.2, 0.25) is 0 Å². The Bertz CT molecular complexity index is 1500. The van der Waals surface area contributed by atoms with E-state index in [0.717, 1.165) is 18.4 Å². The maximum absolute atomic E-state index is 14.6. The van der Waals surface area contributed by atoms with Crippen molar-refractivity contribution >= 4 is 28.6 Å². The third-order valence-corrected chi connectivity index (χ3v) is 11.5. The summed E-state index contributed by atoms with van der Waals surface area (Å²) >= 11 is 0. The van der Waals surface area contributed by atoms with Gasteiger partial charge in [-0.15, -0.1) is 0 Å². The number of aliphatic hydroxyl groups is 1. The molecule has 1 aliphatic carbocycles. The molecule has 10 heteroatoms. The van der Waals surface area contributed by atoms with E-state index in [1.807, 2.05) is 34.6 Å². The molecule has 3 N–H and O–H groups in total. The zero-order valence-electron chi connectivity index (χ0n) is 26.1. The lowest BCUT2D eigenvalue weighted by Gasteiger charge is -2.52. The third kappa shape index (κ3) is 3.85. The highest BCUT2D eigenvalue weighted by molar-refractivity contribution is 5.98. The average molecular weight is 592 g/mol. The van der Waals surface area contributed by atoms with Gasteiger partial charge in [-0.1, -0.05) is 46.8 Å². The molecular formula is C33H45N5O5. The van der Waals surface area contributed by atoms with Crippen LogP contribution in [-0.4, -0.2) is 92.4 Å². The maximum atomic E-state index is 14.6. The van der Waals surface area contributed by atoms with E-state index in [2.05, 4.69) is 46.6 Å². The van der Waals surface area contributed by atoms with Crippen LogP contribution in [0.3, 0.4) is 0 Å². The number of fused-ring (bicyclic) bond motifs is 5. The van der Waals surface area contributed by atoms with Crippen molar-refractivity contribution in [2.75, 3.05) is 20.1 Å². The lowest BCUT2D eigenvalue weighted by Crippen LogP contribution is -2.73. The molecule has 7 rings (SSSR count). The molecule has 4 fully saturated rings. The van der Waals surface area contributed by atoms with Gasteiger partial charge in [0.15, 0.2) is 0 Å². The van der Waals surface area contributed by atoms with Gasteiger partial charge in [0.2, 0.25) is 17.5 Å². The standard InChI is InChI=1S/C33H45N5O5/c1-7-31(4,5)27-29(40)37-13-9-12-25(37)33(42)38(27)30(41)32(43-33,18(2)3)35-28(39)20-14-22-21-10-8-11-23-26(21)19(16-34-23)15-24(22)36(6)17-20/h8,10-11,16,18,20,22,24-25,27,34,42H,7,9,12-15,17H2,1-6H3,(H,35,39)/t20-,22-,24-,25+,27-,32-,33+/m1/s1. The summed E-state index contributed by atoms with van der Waals surface area (Å²) < 4.78 is 6.51. The van der Waals surface area contributed by atoms with Gasteiger partial charge in [0.05, 0.1) is 5.92 Å². The van der Waals surface area contributed by atoms with E-state index in [0.29, 0.717) is 32.4 Å². The van der Waals surface area contributed by atoms with Crippen LogP contribution in [0.15, 0.2) is 24.4 Å². The smallest absolute Gasteiger partial charge is 0.281 e. The van der Waals surface area contributed by atoms with E-state index in [1.165, 1.54) is 21.4 Å². The van der Waals surface area contributed by atoms with E-state index >= 15 is 0 Å². The Morgan fingerprint density at radius 2 is 2.05 bits per heavy atom. The first-order valence-corrected chi connectivity index (χ1v) is 16.0. The van der Waals surface area contributed by atoms with Gasteiger partial charge in [0, 0.05) is 48.1 Å². The molecule has 5 aliphatic rings. The minimum atomic E-state index is -2.02. The molecule has 0 unspecified atom stereocenters. The minimum absolute atomic E-state index is 0.155. The average Bonchev–Trinajstić information content (AvgIpc) is 3.68. The highest BCUT2D eigenvalue weighted by Gasteiger charge is 2.73. The number of piperazine rings is 1. The Labute approximate surface area is 253 Å². The summed E-state index contributed by atoms with van der Waals surface area (Å²) in [7, 11) is 2.07. The molecule has 10 nitrogen and oxygen atoms in total. The van der Waals surface area contributed by atoms with Crippen molar-refractivity contribution in [1.29, 1.82) is 0 Å². The van der Waals surface area contributed by atoms with Crippen LogP contribution in [0, 0.1) is 17.3 Å². The van der Waals surface area contributed by atoms with Gasteiger partial charge < -0.3 is 25.2 Å². The molecular weight excluding hydrogens is 546 g/mol. The van der Waals surface area contributed by atoms with Crippen molar-refractivity contribution in [2.45, 2.75) is 102 Å². The predicted octanol–water partition coefficient (Wildman–Crippen LogP) is 2.91. The van der Waals surface area contributed by atoms with Crippen LogP contribution in [0.25, 0.3) is 10.9 Å². The molecule has 1 aromatic heterocycles. The maximum Gasteiger partial charge on any atom is 0.281 e. The number of piperidine rings is 1. The number of nitrogens with zero attached hydrogens (tertiary/aromatic N) is 3. The molecule has 4 aliphatic heterocycles. The van der Waals surface area contributed by atoms with Gasteiger partial charge >= 0.3 is 0 Å². The summed E-state index contributed by atoms with van der Waals surface area (Å²) in [5.74, 6) is -3.67. The van der Waals surface area contributed by atoms with Gasteiger partial charge in [-0.05, 0) is 61.8 Å². The second-order valence-electron chi connectivity index (χ2n) is 14.6. The number of hydrogen-bond acceptors (Lipinski definition) is 6. The number of carbonyl (C=O) groups excluding carboxylic acids is 3. The topological polar surface area (TPSA) is 118 Å². The molecule has 7 atom stereocenters. The number of aromatic nitrogens is 1. The first kappa shape index (κ1) is 28.8. The van der Waals surface area contributed by atoms with E-state index in [9.17, 15) is 19.5 Å². The number of ether oxygens (including phenoxy) is 1. The number of rotatable bonds is 5. The number of likely N-dealkylation sites (N-methyl/N-ethyl adjacent to an activating group) is 1. The molecule has 43 heavy (non-hydrogen) atoms. The highest BCUT2D eigenvalue weighted by atomic mass is 16.7. The zero-order valence-corrected chi connectivity index (χ0v) is 26.1. The molecule has 0 saturated carbocycles. The highest BCUT2D eigenvalue weighted by Crippen LogP contribution is 2.51. The fourth-order valence-corrected chi connectivity index (χ4v) is 8.76. The van der Waals surface area contributed by atoms with Gasteiger partial charge in [-0.25, -0.2) is 0 Å². The van der Waals surface area contributed by atoms with Crippen LogP contribution < -0.4 is 5.32 Å². The number of aromatic amines is 1. The lowest BCUT2D eigenvalue weighted by molar-refractivity contribution is -0.326. The van der Waals surface area contributed by atoms with E-state index in [4.69, 9.17) is 4.74 Å². The van der Waals surface area contributed by atoms with Gasteiger partial charge in [-0.2, -0.15) is 0 Å². The summed E-state index contributed by atoms with van der Waals surface area (Å²) in [6.07, 6.45) is 5.55. The van der Waals surface area contributed by atoms with Crippen LogP contribution >= 0.6 is 0 Å². The molecule has 0 radical (unpaired) electrons. The van der Waals surface area contributed by atoms with E-state index in [1.54, 1.807) is 4.90 Å². The summed E-state index contributed by atoms with van der Waals surface area (Å²) in [6, 6.07) is 5.05. The first-order valence-electron chi connectivity index (χ1n) is 16.0. The fraction of sp³-hybridized carbons (Fsp3) is 0.667. The fourth-order valence-electron chi connectivity index (χ4n) is 8.76. The largest absolute Gasteiger partial charge is 0.361 e. The van der Waals surface area contributed by atoms with Gasteiger partial charge in [0.25, 0.3) is 11.8 Å². The molecule has 4 saturated heterocycles. The normalized spacial score (nSPS) is 35.9. The van der Waals surface area contributed by atoms with Gasteiger partial charge in [0.1, 0.15) is 12.1 Å². The SMILES string of the molecule is CCC(C)(C)[C@H]1C(=O)N2CCC[C@H]2[C@]2(O)O[C@](NC(=O)[C@@H]3C[C@@H]4c5cccc6[nH]cc(c56)C[C@H]4N(C)C3)(C(C)C)C(=O)N12. The number of amides is 3. The summed E-state index contributed by atoms with van der Waals surface area (Å²) in [5.41, 5.74) is 1.29. The predicted molar refractivity (Wildman–Crippen MR) is 160 cm³/mol. The second-order valence-corrected chi connectivity index (χ2v) is 14.6. The van der Waals surface area contributed by atoms with Crippen molar-refractivity contribution in [3.05, 3.63) is 35.5 Å². The quantitative estimate of drug-likeness (QED) is 0.492. The Hall–Kier alpha value is -2.95. The Balaban J connectivity index is 1.22. The number of hydrogen-bond donors (Lipinski definition) is 3. The van der Waals surface area contributed by atoms with E-state index in [-0.39, 0.29) is 29.7 Å². The van der Waals surface area contributed by atoms with Crippen molar-refractivity contribution in [2.24, 2.45) is 17.3 Å². The van der Waals surface area contributed by atoms with Crippen molar-refractivity contribution in [3.8, 4) is 0 Å². The third-order valence-electron chi connectivity index (χ3n) is 11.5. The Morgan fingerprint density at radius 3 is 2.77 bits per heavy atom. The Morgan fingerprint density at radius 1 is 1.28 bits per heavy atom. The number of H-pyrrole nitrogens is 1. The minimum Gasteiger partial charge on any atom is -0.361 e. The number of carbonyl (C=O) groups is 3. The number of likely N-dealkylation sites (tertiary alicyclic amines) is 1. The van der Waals surface area contributed by atoms with Crippen LogP contribution in [-0.2, 0) is 25.5 Å². The molecule has 5 heterocycles. The zero-order chi connectivity index (χ0) is 30.6. The summed E-state index contributed by atoms with van der Waals surface area (Å²) in [5, 5.41) is 16.6. The van der Waals surface area contributed by atoms with Crippen LogP contribution in [0.4, 0.5) is 0 Å². The molecule has 1 aromatic carbocycles. The van der Waals surface area contributed by atoms with Crippen molar-refractivity contribution in [1.82, 2.24) is 25.0 Å². The molecule has 2 aromatic rings. The summed E-state index contributed by atoms with van der Waals surface area (Å²) in [6.45, 7) is 10.6. The molecule has 0 bridgehead atoms. The molecule has 0 spiro atoms. The van der Waals surface area contributed by atoms with Crippen LogP contribution in [0.1, 0.15) is 77.3 Å². The Kier molecular flexibility index (Phi) is 6.38. The number of nitrogens with one attached hydrogen (secondary N) is 2. The van der Waals surface area contributed by atoms with E-state index < -0.39 is 41.0 Å². The molecule has 3 amide bonds. The first-order chi connectivity index (χ1) is 20.3. The molecule has 232 valence electrons. The summed E-state index contributed by atoms with van der Waals surface area (Å²) in [4.78, 5) is 51.4.